The van der Waals surface area contributed by atoms with E-state index in [-0.39, 0.29) is 0 Å². The normalized spacial score (nSPS) is 12.2. The van der Waals surface area contributed by atoms with E-state index in [2.05, 4.69) is 31.3 Å². The summed E-state index contributed by atoms with van der Waals surface area (Å²) in [6.45, 7) is 7.20. The van der Waals surface area contributed by atoms with Crippen molar-refractivity contribution in [3.63, 3.8) is 0 Å². The van der Waals surface area contributed by atoms with Gasteiger partial charge < -0.3 is 10.1 Å². The van der Waals surface area contributed by atoms with Gasteiger partial charge in [-0.1, -0.05) is 32.8 Å². The van der Waals surface area contributed by atoms with Gasteiger partial charge in [-0.2, -0.15) is 0 Å². The van der Waals surface area contributed by atoms with Crippen LogP contribution in [0.4, 0.5) is 5.69 Å². The molecule has 1 atom stereocenters. The zero-order valence-corrected chi connectivity index (χ0v) is 11.3. The van der Waals surface area contributed by atoms with E-state index in [0.717, 1.165) is 12.4 Å². The molecule has 0 saturated heterocycles. The zero-order chi connectivity index (χ0) is 12.5. The van der Waals surface area contributed by atoms with E-state index in [4.69, 9.17) is 4.74 Å². The number of hydrogen-bond acceptors (Lipinski definition) is 2. The van der Waals surface area contributed by atoms with Gasteiger partial charge in [0.25, 0.3) is 0 Å². The van der Waals surface area contributed by atoms with Crippen molar-refractivity contribution in [1.29, 1.82) is 0 Å². The summed E-state index contributed by atoms with van der Waals surface area (Å²) in [4.78, 5) is 0. The molecule has 0 heterocycles. The van der Waals surface area contributed by atoms with Crippen LogP contribution in [0.3, 0.4) is 0 Å². The maximum Gasteiger partial charge on any atom is 0.121 e. The summed E-state index contributed by atoms with van der Waals surface area (Å²) >= 11 is 0. The van der Waals surface area contributed by atoms with Crippen molar-refractivity contribution in [1.82, 2.24) is 0 Å². The second-order valence-electron chi connectivity index (χ2n) is 4.35. The van der Waals surface area contributed by atoms with Gasteiger partial charge in [-0.15, -0.1) is 0 Å². The van der Waals surface area contributed by atoms with Gasteiger partial charge in [-0.05, 0) is 31.9 Å². The maximum atomic E-state index is 5.50. The van der Waals surface area contributed by atoms with Crippen LogP contribution < -0.4 is 10.1 Å². The van der Waals surface area contributed by atoms with Crippen LogP contribution in [0.1, 0.15) is 46.5 Å². The quantitative estimate of drug-likeness (QED) is 0.718. The molecule has 1 aromatic carbocycles. The second kappa shape index (κ2) is 7.99. The molecule has 17 heavy (non-hydrogen) atoms. The molecule has 0 aliphatic rings. The zero-order valence-electron chi connectivity index (χ0n) is 11.3. The largest absolute Gasteiger partial charge is 0.494 e. The van der Waals surface area contributed by atoms with Gasteiger partial charge in [0.15, 0.2) is 0 Å². The molecule has 96 valence electrons. The van der Waals surface area contributed by atoms with Crippen LogP contribution in [0.5, 0.6) is 5.75 Å². The number of hydrogen-bond donors (Lipinski definition) is 1. The fourth-order valence-corrected chi connectivity index (χ4v) is 1.91. The molecule has 0 spiro atoms. The predicted molar refractivity (Wildman–Crippen MR) is 74.8 cm³/mol. The molecule has 2 nitrogen and oxygen atoms in total. The van der Waals surface area contributed by atoms with Gasteiger partial charge in [0.1, 0.15) is 5.75 Å². The first-order valence-electron chi connectivity index (χ1n) is 6.79. The molecule has 0 aromatic heterocycles. The van der Waals surface area contributed by atoms with Crippen LogP contribution in [0.25, 0.3) is 0 Å². The Morgan fingerprint density at radius 1 is 1.24 bits per heavy atom. The fraction of sp³-hybridized carbons (Fsp3) is 0.600. The van der Waals surface area contributed by atoms with E-state index in [1.165, 1.54) is 31.4 Å². The van der Waals surface area contributed by atoms with Crippen LogP contribution in [-0.2, 0) is 0 Å². The predicted octanol–water partition coefficient (Wildman–Crippen LogP) is 4.47. The number of benzene rings is 1. The second-order valence-corrected chi connectivity index (χ2v) is 4.35. The first-order valence-corrected chi connectivity index (χ1v) is 6.79. The van der Waals surface area contributed by atoms with E-state index in [0.29, 0.717) is 6.04 Å². The minimum atomic E-state index is 0.576. The highest BCUT2D eigenvalue weighted by Gasteiger charge is 2.05. The Labute approximate surface area is 105 Å². The van der Waals surface area contributed by atoms with E-state index in [9.17, 15) is 0 Å². The highest BCUT2D eigenvalue weighted by molar-refractivity contribution is 5.48. The number of rotatable bonds is 8. The maximum absolute atomic E-state index is 5.50. The molecular weight excluding hydrogens is 210 g/mol. The standard InChI is InChI=1S/C15H25NO/c1-4-7-9-13(5-2)16-14-10-8-11-15(12-14)17-6-3/h8,10-13,16H,4-7,9H2,1-3H3. The van der Waals surface area contributed by atoms with Crippen molar-refractivity contribution < 1.29 is 4.74 Å². The first-order chi connectivity index (χ1) is 8.30. The minimum Gasteiger partial charge on any atom is -0.494 e. The molecule has 0 bridgehead atoms. The lowest BCUT2D eigenvalue weighted by Gasteiger charge is -2.18. The van der Waals surface area contributed by atoms with Crippen LogP contribution in [0.2, 0.25) is 0 Å². The highest BCUT2D eigenvalue weighted by Crippen LogP contribution is 2.19. The summed E-state index contributed by atoms with van der Waals surface area (Å²) in [7, 11) is 0. The third-order valence-electron chi connectivity index (χ3n) is 2.91. The lowest BCUT2D eigenvalue weighted by atomic mass is 10.1. The molecule has 0 aliphatic carbocycles. The molecule has 0 radical (unpaired) electrons. The van der Waals surface area contributed by atoms with Crippen molar-refractivity contribution in [2.45, 2.75) is 52.5 Å². The van der Waals surface area contributed by atoms with Crippen molar-refractivity contribution in [3.05, 3.63) is 24.3 Å². The summed E-state index contributed by atoms with van der Waals surface area (Å²) in [5.41, 5.74) is 1.17. The monoisotopic (exact) mass is 235 g/mol. The summed E-state index contributed by atoms with van der Waals surface area (Å²) in [5, 5.41) is 3.58. The molecule has 0 amide bonds. The Morgan fingerprint density at radius 3 is 2.71 bits per heavy atom. The Kier molecular flexibility index (Phi) is 6.53. The van der Waals surface area contributed by atoms with E-state index in [1.54, 1.807) is 0 Å². The number of unbranched alkanes of at least 4 members (excludes halogenated alkanes) is 1. The molecule has 1 rings (SSSR count). The van der Waals surface area contributed by atoms with Crippen LogP contribution in [-0.4, -0.2) is 12.6 Å². The lowest BCUT2D eigenvalue weighted by Crippen LogP contribution is -2.18. The molecule has 2 heteroatoms. The third kappa shape index (κ3) is 5.12. The SMILES string of the molecule is CCCCC(CC)Nc1cccc(OCC)c1. The fourth-order valence-electron chi connectivity index (χ4n) is 1.91. The molecule has 0 aliphatic heterocycles. The van der Waals surface area contributed by atoms with Crippen LogP contribution in [0.15, 0.2) is 24.3 Å². The summed E-state index contributed by atoms with van der Waals surface area (Å²) in [6.07, 6.45) is 4.96. The van der Waals surface area contributed by atoms with Gasteiger partial charge in [-0.3, -0.25) is 0 Å². The van der Waals surface area contributed by atoms with Crippen molar-refractivity contribution in [3.8, 4) is 5.75 Å². The molecule has 1 N–H and O–H groups in total. The summed E-state index contributed by atoms with van der Waals surface area (Å²) in [5.74, 6) is 0.947. The van der Waals surface area contributed by atoms with Gasteiger partial charge in [0.2, 0.25) is 0 Å². The van der Waals surface area contributed by atoms with Gasteiger partial charge in [0, 0.05) is 17.8 Å². The molecule has 0 fully saturated rings. The first kappa shape index (κ1) is 13.9. The summed E-state index contributed by atoms with van der Waals surface area (Å²) in [6, 6.07) is 8.81. The Hall–Kier alpha value is -1.18. The number of nitrogens with one attached hydrogen (secondary N) is 1. The average molecular weight is 235 g/mol. The Balaban J connectivity index is 2.55. The van der Waals surface area contributed by atoms with Crippen molar-refractivity contribution >= 4 is 5.69 Å². The van der Waals surface area contributed by atoms with Crippen LogP contribution >= 0.6 is 0 Å². The minimum absolute atomic E-state index is 0.576. The Bertz CT molecular complexity index is 312. The molecule has 0 saturated carbocycles. The van der Waals surface area contributed by atoms with E-state index >= 15 is 0 Å². The number of ether oxygens (including phenoxy) is 1. The smallest absolute Gasteiger partial charge is 0.121 e. The lowest BCUT2D eigenvalue weighted by molar-refractivity contribution is 0.340. The van der Waals surface area contributed by atoms with E-state index < -0.39 is 0 Å². The third-order valence-corrected chi connectivity index (χ3v) is 2.91. The van der Waals surface area contributed by atoms with Gasteiger partial charge in [-0.25, -0.2) is 0 Å². The van der Waals surface area contributed by atoms with Crippen LogP contribution in [0, 0.1) is 0 Å². The average Bonchev–Trinajstić information content (AvgIpc) is 2.35. The molecular formula is C15H25NO. The van der Waals surface area contributed by atoms with E-state index in [1.807, 2.05) is 19.1 Å². The topological polar surface area (TPSA) is 21.3 Å². The summed E-state index contributed by atoms with van der Waals surface area (Å²) < 4.78 is 5.50. The van der Waals surface area contributed by atoms with Gasteiger partial charge >= 0.3 is 0 Å². The van der Waals surface area contributed by atoms with Crippen molar-refractivity contribution in [2.24, 2.45) is 0 Å². The number of anilines is 1. The van der Waals surface area contributed by atoms with Crippen molar-refractivity contribution in [2.75, 3.05) is 11.9 Å². The molecule has 1 unspecified atom stereocenters. The molecule has 1 aromatic rings. The Morgan fingerprint density at radius 2 is 2.06 bits per heavy atom. The highest BCUT2D eigenvalue weighted by atomic mass is 16.5. The van der Waals surface area contributed by atoms with Gasteiger partial charge in [0.05, 0.1) is 6.61 Å².